The lowest BCUT2D eigenvalue weighted by atomic mass is 9.72. The number of benzene rings is 3. The van der Waals surface area contributed by atoms with E-state index in [2.05, 4.69) is 36.1 Å². The molecule has 3 aromatic carbocycles. The summed E-state index contributed by atoms with van der Waals surface area (Å²) in [6.07, 6.45) is 5.57. The van der Waals surface area contributed by atoms with E-state index in [1.807, 2.05) is 60.0 Å². The number of hydrogen-bond acceptors (Lipinski definition) is 11. The van der Waals surface area contributed by atoms with E-state index in [4.69, 9.17) is 33.2 Å². The highest BCUT2D eigenvalue weighted by atomic mass is 16.7. The zero-order chi connectivity index (χ0) is 45.1. The van der Waals surface area contributed by atoms with Crippen LogP contribution in [0, 0.1) is 18.8 Å². The van der Waals surface area contributed by atoms with Crippen molar-refractivity contribution in [2.75, 3.05) is 74.5 Å². The summed E-state index contributed by atoms with van der Waals surface area (Å²) in [6.45, 7) is 7.13. The number of carbonyl (C=O) groups is 1. The highest BCUT2D eigenvalue weighted by Crippen LogP contribution is 2.50. The number of allylic oxidation sites excluding steroid dienone is 1. The third-order valence-corrected chi connectivity index (χ3v) is 14.1. The SMILES string of the molecule is CC[C@H]1CN2CCc3cc(OC)c(OC)cc3[C@@H]2C[C@@H]1C[C@@H]1c2cc(OC)c(OC)cc2CCN1C(=O)C1=C[C@H](c2c(C)n(C)n(-c3ccccc3)c2=O)C[C@H](OCCOCCO)O1. The minimum Gasteiger partial charge on any atom is -0.493 e. The fourth-order valence-electron chi connectivity index (χ4n) is 10.7. The number of para-hydroxylation sites is 1. The highest BCUT2D eigenvalue weighted by Gasteiger charge is 2.44. The van der Waals surface area contributed by atoms with Gasteiger partial charge in [-0.25, -0.2) is 4.68 Å². The van der Waals surface area contributed by atoms with Crippen LogP contribution in [-0.4, -0.2) is 111 Å². The molecule has 6 atom stereocenters. The fourth-order valence-corrected chi connectivity index (χ4v) is 10.7. The van der Waals surface area contributed by atoms with E-state index >= 15 is 4.79 Å². The predicted octanol–water partition coefficient (Wildman–Crippen LogP) is 6.42. The van der Waals surface area contributed by atoms with Crippen LogP contribution in [0.25, 0.3) is 5.69 Å². The monoisotopic (exact) mass is 880 g/mol. The van der Waals surface area contributed by atoms with Crippen molar-refractivity contribution in [2.45, 2.75) is 76.7 Å². The molecule has 1 saturated heterocycles. The Morgan fingerprint density at radius 1 is 0.828 bits per heavy atom. The summed E-state index contributed by atoms with van der Waals surface area (Å²) in [5, 5.41) is 9.25. The summed E-state index contributed by atoms with van der Waals surface area (Å²) in [4.78, 5) is 34.4. The lowest BCUT2D eigenvalue weighted by Gasteiger charge is -2.49. The maximum atomic E-state index is 15.4. The van der Waals surface area contributed by atoms with Gasteiger partial charge < -0.3 is 43.2 Å². The number of ether oxygens (including phenoxy) is 7. The van der Waals surface area contributed by atoms with Crippen LogP contribution in [0.5, 0.6) is 23.0 Å². The van der Waals surface area contributed by atoms with E-state index in [1.54, 1.807) is 33.1 Å². The van der Waals surface area contributed by atoms with Crippen LogP contribution in [0.2, 0.25) is 0 Å². The van der Waals surface area contributed by atoms with E-state index < -0.39 is 12.2 Å². The first kappa shape index (κ1) is 45.3. The van der Waals surface area contributed by atoms with Gasteiger partial charge in [0.2, 0.25) is 6.29 Å². The smallest absolute Gasteiger partial charge is 0.289 e. The number of hydrogen-bond donors (Lipinski definition) is 1. The molecule has 1 fully saturated rings. The van der Waals surface area contributed by atoms with Crippen molar-refractivity contribution in [1.82, 2.24) is 19.2 Å². The summed E-state index contributed by atoms with van der Waals surface area (Å²) >= 11 is 0. The first-order valence-corrected chi connectivity index (χ1v) is 22.7. The molecule has 4 aliphatic heterocycles. The summed E-state index contributed by atoms with van der Waals surface area (Å²) in [6, 6.07) is 17.9. The number of aliphatic hydroxyl groups is 1. The first-order valence-electron chi connectivity index (χ1n) is 22.7. The van der Waals surface area contributed by atoms with E-state index in [-0.39, 0.29) is 61.7 Å². The topological polar surface area (TPSA) is 135 Å². The Morgan fingerprint density at radius 2 is 1.48 bits per heavy atom. The molecule has 0 spiro atoms. The zero-order valence-electron chi connectivity index (χ0n) is 38.3. The Bertz CT molecular complexity index is 2380. The number of aliphatic hydroxyl groups excluding tert-OH is 1. The van der Waals surface area contributed by atoms with Gasteiger partial charge in [-0.15, -0.1) is 0 Å². The lowest BCUT2D eigenvalue weighted by Crippen LogP contribution is -2.48. The number of aromatic nitrogens is 2. The average Bonchev–Trinajstić information content (AvgIpc) is 3.55. The zero-order valence-corrected chi connectivity index (χ0v) is 38.3. The molecule has 14 nitrogen and oxygen atoms in total. The van der Waals surface area contributed by atoms with Crippen molar-refractivity contribution in [3.05, 3.63) is 110 Å². The third-order valence-electron chi connectivity index (χ3n) is 14.1. The van der Waals surface area contributed by atoms with Gasteiger partial charge in [-0.05, 0) is 109 Å². The van der Waals surface area contributed by atoms with Gasteiger partial charge in [-0.1, -0.05) is 31.5 Å². The minimum absolute atomic E-state index is 0.0980. The highest BCUT2D eigenvalue weighted by molar-refractivity contribution is 5.92. The molecule has 1 amide bonds. The molecule has 64 heavy (non-hydrogen) atoms. The van der Waals surface area contributed by atoms with Crippen LogP contribution in [-0.2, 0) is 38.9 Å². The summed E-state index contributed by atoms with van der Waals surface area (Å²) in [7, 11) is 8.54. The van der Waals surface area contributed by atoms with Crippen LogP contribution >= 0.6 is 0 Å². The number of piperidine rings is 1. The molecular formula is C50H64N4O10. The Balaban J connectivity index is 1.17. The molecule has 4 aromatic rings. The van der Waals surface area contributed by atoms with Crippen LogP contribution in [0.4, 0.5) is 0 Å². The molecule has 14 heteroatoms. The molecule has 5 heterocycles. The second-order valence-corrected chi connectivity index (χ2v) is 17.3. The van der Waals surface area contributed by atoms with Gasteiger partial charge in [0.1, 0.15) is 0 Å². The molecule has 4 aliphatic rings. The third kappa shape index (κ3) is 8.77. The van der Waals surface area contributed by atoms with E-state index in [9.17, 15) is 9.90 Å². The average molecular weight is 881 g/mol. The molecule has 344 valence electrons. The normalized spacial score (nSPS) is 23.0. The largest absolute Gasteiger partial charge is 0.493 e. The standard InChI is InChI=1S/C50H64N4O10/c1-8-32-30-52-16-14-33-24-42(58-4)44(60-6)28-38(33)40(52)22-35(32)23-41-39-29-45(61-7)43(59-5)25-34(39)15-17-53(41)49(56)46-26-36(27-47(64-46)63-21-20-62-19-18-55)48-31(2)51(3)54(50(48)57)37-12-10-9-11-13-37/h9-13,24-26,28-29,32,35-36,40-41,47,55H,8,14-23,27,30H2,1-7H3/t32-,35+,36-,40-,41+,47+/m0/s1. The maximum Gasteiger partial charge on any atom is 0.289 e. The number of nitrogens with zero attached hydrogens (tertiary/aromatic N) is 4. The molecule has 0 unspecified atom stereocenters. The van der Waals surface area contributed by atoms with Gasteiger partial charge in [0.05, 0.1) is 66.6 Å². The quantitative estimate of drug-likeness (QED) is 0.125. The maximum absolute atomic E-state index is 15.4. The summed E-state index contributed by atoms with van der Waals surface area (Å²) < 4.78 is 44.9. The fraction of sp³-hybridized carbons (Fsp3) is 0.520. The van der Waals surface area contributed by atoms with Gasteiger partial charge in [-0.2, -0.15) is 0 Å². The van der Waals surface area contributed by atoms with Gasteiger partial charge in [0, 0.05) is 56.3 Å². The minimum atomic E-state index is -0.827. The van der Waals surface area contributed by atoms with Crippen molar-refractivity contribution < 1.29 is 43.1 Å². The Hall–Kier alpha value is -5.28. The number of fused-ring (bicyclic) bond motifs is 4. The molecule has 0 saturated carbocycles. The number of methoxy groups -OCH3 is 4. The van der Waals surface area contributed by atoms with Crippen LogP contribution in [0.3, 0.4) is 0 Å². The molecular weight excluding hydrogens is 817 g/mol. The molecule has 1 N–H and O–H groups in total. The number of amides is 1. The Kier molecular flexibility index (Phi) is 14.0. The molecule has 1 aromatic heterocycles. The lowest BCUT2D eigenvalue weighted by molar-refractivity contribution is -0.158. The number of rotatable bonds is 16. The van der Waals surface area contributed by atoms with Crippen molar-refractivity contribution in [3.63, 3.8) is 0 Å². The van der Waals surface area contributed by atoms with Crippen molar-refractivity contribution in [3.8, 4) is 28.7 Å². The van der Waals surface area contributed by atoms with Gasteiger partial charge >= 0.3 is 0 Å². The number of carbonyl (C=O) groups excluding carboxylic acids is 1. The van der Waals surface area contributed by atoms with Crippen molar-refractivity contribution in [1.29, 1.82) is 0 Å². The van der Waals surface area contributed by atoms with Crippen LogP contribution in [0.15, 0.2) is 71.2 Å². The predicted molar refractivity (Wildman–Crippen MR) is 242 cm³/mol. The molecule has 0 bridgehead atoms. The van der Waals surface area contributed by atoms with Gasteiger partial charge in [0.15, 0.2) is 28.8 Å². The van der Waals surface area contributed by atoms with Crippen molar-refractivity contribution in [2.24, 2.45) is 18.9 Å². The van der Waals surface area contributed by atoms with E-state index in [0.717, 1.165) is 72.8 Å². The Labute approximate surface area is 376 Å². The van der Waals surface area contributed by atoms with Crippen LogP contribution in [0.1, 0.15) is 84.1 Å². The summed E-state index contributed by atoms with van der Waals surface area (Å²) in [5.41, 5.74) is 6.71. The van der Waals surface area contributed by atoms with E-state index in [1.165, 1.54) is 11.1 Å². The van der Waals surface area contributed by atoms with Crippen LogP contribution < -0.4 is 24.5 Å². The van der Waals surface area contributed by atoms with Crippen molar-refractivity contribution >= 4 is 5.91 Å². The van der Waals surface area contributed by atoms with E-state index in [0.29, 0.717) is 42.4 Å². The van der Waals surface area contributed by atoms with Gasteiger partial charge in [-0.3, -0.25) is 19.2 Å². The second-order valence-electron chi connectivity index (χ2n) is 17.3. The molecule has 8 rings (SSSR count). The first-order chi connectivity index (χ1) is 31.1. The second kappa shape index (κ2) is 19.9. The molecule has 0 radical (unpaired) electrons. The summed E-state index contributed by atoms with van der Waals surface area (Å²) in [5.74, 6) is 2.88. The van der Waals surface area contributed by atoms with Gasteiger partial charge in [0.25, 0.3) is 11.5 Å². The Morgan fingerprint density at radius 3 is 2.16 bits per heavy atom. The molecule has 0 aliphatic carbocycles.